The van der Waals surface area contributed by atoms with Gasteiger partial charge in [-0.2, -0.15) is 0 Å². The topological polar surface area (TPSA) is 55.8 Å². The number of amides is 1. The van der Waals surface area contributed by atoms with Gasteiger partial charge < -0.3 is 14.4 Å². The van der Waals surface area contributed by atoms with Crippen molar-refractivity contribution >= 4 is 17.6 Å². The quantitative estimate of drug-likeness (QED) is 0.393. The standard InChI is InChI=1S/C23H28FNO4/c1-28-21-15-13-20(14-16-21)25(23(27)18-9-11-19(24)12-10-18)17-7-5-3-4-6-8-22(26)29-2/h9-16H,3-8,17H2,1-2H3. The predicted octanol–water partition coefficient (Wildman–Crippen LogP) is 4.99. The molecule has 5 nitrogen and oxygen atoms in total. The molecule has 0 aromatic heterocycles. The lowest BCUT2D eigenvalue weighted by atomic mass is 10.1. The van der Waals surface area contributed by atoms with Gasteiger partial charge in [-0.05, 0) is 61.4 Å². The summed E-state index contributed by atoms with van der Waals surface area (Å²) in [7, 11) is 2.99. The Labute approximate surface area is 171 Å². The van der Waals surface area contributed by atoms with Crippen molar-refractivity contribution < 1.29 is 23.5 Å². The number of carbonyl (C=O) groups excluding carboxylic acids is 2. The number of esters is 1. The van der Waals surface area contributed by atoms with E-state index < -0.39 is 0 Å². The van der Waals surface area contributed by atoms with Crippen LogP contribution >= 0.6 is 0 Å². The number of methoxy groups -OCH3 is 2. The Morgan fingerprint density at radius 1 is 0.862 bits per heavy atom. The van der Waals surface area contributed by atoms with E-state index in [-0.39, 0.29) is 17.7 Å². The fourth-order valence-electron chi connectivity index (χ4n) is 3.03. The van der Waals surface area contributed by atoms with Crippen LogP contribution in [-0.2, 0) is 9.53 Å². The van der Waals surface area contributed by atoms with Crippen LogP contribution in [0.15, 0.2) is 48.5 Å². The molecule has 2 aromatic carbocycles. The maximum absolute atomic E-state index is 13.2. The van der Waals surface area contributed by atoms with Gasteiger partial charge in [0.25, 0.3) is 5.91 Å². The molecule has 0 atom stereocenters. The normalized spacial score (nSPS) is 10.4. The van der Waals surface area contributed by atoms with Crippen LogP contribution in [0, 0.1) is 5.82 Å². The molecule has 0 saturated heterocycles. The minimum atomic E-state index is -0.371. The zero-order chi connectivity index (χ0) is 21.1. The summed E-state index contributed by atoms with van der Waals surface area (Å²) in [6.45, 7) is 0.555. The Morgan fingerprint density at radius 3 is 2.10 bits per heavy atom. The summed E-state index contributed by atoms with van der Waals surface area (Å²) in [4.78, 5) is 25.8. The van der Waals surface area contributed by atoms with Crippen LogP contribution in [0.1, 0.15) is 48.9 Å². The number of benzene rings is 2. The van der Waals surface area contributed by atoms with Gasteiger partial charge in [0.05, 0.1) is 14.2 Å². The maximum Gasteiger partial charge on any atom is 0.305 e. The van der Waals surface area contributed by atoms with E-state index in [4.69, 9.17) is 4.74 Å². The van der Waals surface area contributed by atoms with E-state index in [9.17, 15) is 14.0 Å². The molecule has 0 spiro atoms. The number of anilines is 1. The van der Waals surface area contributed by atoms with Crippen molar-refractivity contribution in [3.05, 3.63) is 59.9 Å². The minimum absolute atomic E-state index is 0.166. The molecule has 0 radical (unpaired) electrons. The monoisotopic (exact) mass is 401 g/mol. The van der Waals surface area contributed by atoms with Gasteiger partial charge in [-0.15, -0.1) is 0 Å². The van der Waals surface area contributed by atoms with Crippen molar-refractivity contribution in [1.82, 2.24) is 0 Å². The van der Waals surface area contributed by atoms with E-state index in [1.165, 1.54) is 31.4 Å². The molecule has 2 rings (SSSR count). The largest absolute Gasteiger partial charge is 0.497 e. The van der Waals surface area contributed by atoms with Crippen molar-refractivity contribution in [2.45, 2.75) is 38.5 Å². The van der Waals surface area contributed by atoms with Gasteiger partial charge >= 0.3 is 5.97 Å². The van der Waals surface area contributed by atoms with Gasteiger partial charge in [-0.3, -0.25) is 9.59 Å². The van der Waals surface area contributed by atoms with E-state index in [0.29, 0.717) is 24.3 Å². The zero-order valence-electron chi connectivity index (χ0n) is 17.0. The lowest BCUT2D eigenvalue weighted by molar-refractivity contribution is -0.140. The smallest absolute Gasteiger partial charge is 0.305 e. The van der Waals surface area contributed by atoms with E-state index >= 15 is 0 Å². The second-order valence-corrected chi connectivity index (χ2v) is 6.76. The molecule has 0 heterocycles. The Balaban J connectivity index is 1.96. The second-order valence-electron chi connectivity index (χ2n) is 6.76. The first-order chi connectivity index (χ1) is 14.0. The molecular weight excluding hydrogens is 373 g/mol. The first-order valence-electron chi connectivity index (χ1n) is 9.83. The van der Waals surface area contributed by atoms with Gasteiger partial charge in [0, 0.05) is 24.2 Å². The number of rotatable bonds is 11. The molecule has 6 heteroatoms. The fraction of sp³-hybridized carbons (Fsp3) is 0.391. The maximum atomic E-state index is 13.2. The molecule has 0 fully saturated rings. The summed E-state index contributed by atoms with van der Waals surface area (Å²) >= 11 is 0. The van der Waals surface area contributed by atoms with Gasteiger partial charge in [0.15, 0.2) is 0 Å². The van der Waals surface area contributed by atoms with E-state index in [0.717, 1.165) is 37.8 Å². The number of hydrogen-bond acceptors (Lipinski definition) is 4. The fourth-order valence-corrected chi connectivity index (χ4v) is 3.03. The lowest BCUT2D eigenvalue weighted by Crippen LogP contribution is -2.32. The molecule has 29 heavy (non-hydrogen) atoms. The average Bonchev–Trinajstić information content (AvgIpc) is 2.75. The predicted molar refractivity (Wildman–Crippen MR) is 111 cm³/mol. The Morgan fingerprint density at radius 2 is 1.48 bits per heavy atom. The van der Waals surface area contributed by atoms with Crippen LogP contribution in [0.3, 0.4) is 0 Å². The van der Waals surface area contributed by atoms with Gasteiger partial charge in [0.2, 0.25) is 0 Å². The Kier molecular flexibility index (Phi) is 9.15. The van der Waals surface area contributed by atoms with Crippen LogP contribution in [0.25, 0.3) is 0 Å². The Bertz CT molecular complexity index is 774. The molecule has 0 aliphatic rings. The van der Waals surface area contributed by atoms with E-state index in [1.807, 2.05) is 24.3 Å². The van der Waals surface area contributed by atoms with Gasteiger partial charge in [-0.25, -0.2) is 4.39 Å². The van der Waals surface area contributed by atoms with Crippen LogP contribution < -0.4 is 9.64 Å². The molecule has 0 saturated carbocycles. The number of hydrogen-bond donors (Lipinski definition) is 0. The molecular formula is C23H28FNO4. The number of nitrogens with zero attached hydrogens (tertiary/aromatic N) is 1. The summed E-state index contributed by atoms with van der Waals surface area (Å²) in [6.07, 6.45) is 4.96. The highest BCUT2D eigenvalue weighted by Crippen LogP contribution is 2.22. The second kappa shape index (κ2) is 11.8. The number of halogens is 1. The molecule has 156 valence electrons. The van der Waals surface area contributed by atoms with Crippen molar-refractivity contribution in [1.29, 1.82) is 0 Å². The minimum Gasteiger partial charge on any atom is -0.497 e. The molecule has 0 aliphatic heterocycles. The number of ether oxygens (including phenoxy) is 2. The SMILES string of the molecule is COC(=O)CCCCCCCN(C(=O)c1ccc(F)cc1)c1ccc(OC)cc1. The van der Waals surface area contributed by atoms with Crippen molar-refractivity contribution in [3.63, 3.8) is 0 Å². The van der Waals surface area contributed by atoms with Crippen LogP contribution in [0.2, 0.25) is 0 Å². The molecule has 1 amide bonds. The van der Waals surface area contributed by atoms with E-state index in [2.05, 4.69) is 4.74 Å². The number of unbranched alkanes of at least 4 members (excludes halogenated alkanes) is 4. The van der Waals surface area contributed by atoms with E-state index in [1.54, 1.807) is 12.0 Å². The van der Waals surface area contributed by atoms with Crippen LogP contribution in [0.4, 0.5) is 10.1 Å². The summed E-state index contributed by atoms with van der Waals surface area (Å²) in [6, 6.07) is 12.9. The molecule has 0 aliphatic carbocycles. The van der Waals surface area contributed by atoms with Crippen LogP contribution in [-0.4, -0.2) is 32.6 Å². The highest BCUT2D eigenvalue weighted by Gasteiger charge is 2.17. The summed E-state index contributed by atoms with van der Waals surface area (Å²) in [5.41, 5.74) is 1.21. The molecule has 2 aromatic rings. The summed E-state index contributed by atoms with van der Waals surface area (Å²) < 4.78 is 23.0. The van der Waals surface area contributed by atoms with Gasteiger partial charge in [0.1, 0.15) is 11.6 Å². The first-order valence-corrected chi connectivity index (χ1v) is 9.83. The van der Waals surface area contributed by atoms with Crippen molar-refractivity contribution in [2.24, 2.45) is 0 Å². The third kappa shape index (κ3) is 7.22. The summed E-state index contributed by atoms with van der Waals surface area (Å²) in [5.74, 6) is -0.000488. The average molecular weight is 401 g/mol. The zero-order valence-corrected chi connectivity index (χ0v) is 17.0. The third-order valence-electron chi connectivity index (χ3n) is 4.71. The van der Waals surface area contributed by atoms with Gasteiger partial charge in [-0.1, -0.05) is 19.3 Å². The van der Waals surface area contributed by atoms with Crippen molar-refractivity contribution in [3.8, 4) is 5.75 Å². The first kappa shape index (κ1) is 22.4. The highest BCUT2D eigenvalue weighted by atomic mass is 19.1. The van der Waals surface area contributed by atoms with Crippen molar-refractivity contribution in [2.75, 3.05) is 25.7 Å². The highest BCUT2D eigenvalue weighted by molar-refractivity contribution is 6.06. The molecule has 0 unspecified atom stereocenters. The number of carbonyl (C=O) groups is 2. The molecule has 0 N–H and O–H groups in total. The third-order valence-corrected chi connectivity index (χ3v) is 4.71. The lowest BCUT2D eigenvalue weighted by Gasteiger charge is -2.23. The Hall–Kier alpha value is -2.89. The molecule has 0 bridgehead atoms. The van der Waals surface area contributed by atoms with Crippen LogP contribution in [0.5, 0.6) is 5.75 Å². The summed E-state index contributed by atoms with van der Waals surface area (Å²) in [5, 5.41) is 0.